The first-order valence-corrected chi connectivity index (χ1v) is 6.94. The Morgan fingerprint density at radius 3 is 2.35 bits per heavy atom. The van der Waals surface area contributed by atoms with Crippen LogP contribution in [-0.2, 0) is 6.42 Å². The van der Waals surface area contributed by atoms with E-state index in [0.717, 1.165) is 44.7 Å². The zero-order chi connectivity index (χ0) is 14.5. The summed E-state index contributed by atoms with van der Waals surface area (Å²) in [6.07, 6.45) is 0.527. The lowest BCUT2D eigenvalue weighted by Crippen LogP contribution is -2.49. The first-order chi connectivity index (χ1) is 9.56. The molecule has 1 heterocycles. The van der Waals surface area contributed by atoms with Crippen molar-refractivity contribution < 1.29 is 10.0 Å². The highest BCUT2D eigenvalue weighted by molar-refractivity contribution is 5.32. The Hall–Kier alpha value is -1.50. The number of piperazine rings is 1. The van der Waals surface area contributed by atoms with Crippen molar-refractivity contribution in [2.75, 3.05) is 32.7 Å². The predicted octanol–water partition coefficient (Wildman–Crippen LogP) is 1.09. The molecule has 0 amide bonds. The summed E-state index contributed by atoms with van der Waals surface area (Å²) in [7, 11) is 0. The molecule has 0 aromatic heterocycles. The monoisotopic (exact) mass is 279 g/mol. The highest BCUT2D eigenvalue weighted by Gasteiger charge is 2.19. The lowest BCUT2D eigenvalue weighted by Gasteiger charge is -2.36. The van der Waals surface area contributed by atoms with Gasteiger partial charge >= 0.3 is 0 Å². The van der Waals surface area contributed by atoms with Crippen LogP contribution in [0.3, 0.4) is 0 Å². The van der Waals surface area contributed by atoms with Crippen molar-refractivity contribution in [1.82, 2.24) is 9.80 Å². The number of nitro groups is 1. The number of aliphatic hydroxyl groups excluding tert-OH is 1. The van der Waals surface area contributed by atoms with E-state index in [1.165, 1.54) is 0 Å². The van der Waals surface area contributed by atoms with Gasteiger partial charge in [0.1, 0.15) is 6.23 Å². The number of benzene rings is 1. The molecule has 2 rings (SSSR count). The van der Waals surface area contributed by atoms with Crippen LogP contribution in [0.1, 0.15) is 12.5 Å². The molecular weight excluding hydrogens is 258 g/mol. The van der Waals surface area contributed by atoms with Crippen LogP contribution in [0.4, 0.5) is 5.69 Å². The van der Waals surface area contributed by atoms with E-state index in [2.05, 4.69) is 9.80 Å². The summed E-state index contributed by atoms with van der Waals surface area (Å²) in [5, 5.41) is 20.1. The van der Waals surface area contributed by atoms with Crippen LogP contribution in [0, 0.1) is 10.1 Å². The van der Waals surface area contributed by atoms with Crippen molar-refractivity contribution >= 4 is 5.69 Å². The molecular formula is C14H21N3O3. The first kappa shape index (κ1) is 14.9. The van der Waals surface area contributed by atoms with E-state index in [1.807, 2.05) is 12.1 Å². The van der Waals surface area contributed by atoms with Gasteiger partial charge in [-0.25, -0.2) is 0 Å². The molecule has 0 bridgehead atoms. The maximum absolute atomic E-state index is 10.6. The summed E-state index contributed by atoms with van der Waals surface area (Å²) in [5.74, 6) is 0. The van der Waals surface area contributed by atoms with Crippen molar-refractivity contribution in [1.29, 1.82) is 0 Å². The van der Waals surface area contributed by atoms with Crippen LogP contribution in [-0.4, -0.2) is 58.8 Å². The van der Waals surface area contributed by atoms with Gasteiger partial charge in [-0.05, 0) is 18.9 Å². The van der Waals surface area contributed by atoms with Crippen LogP contribution >= 0.6 is 0 Å². The Morgan fingerprint density at radius 1 is 1.25 bits per heavy atom. The van der Waals surface area contributed by atoms with Gasteiger partial charge in [0.25, 0.3) is 5.69 Å². The van der Waals surface area contributed by atoms with Crippen molar-refractivity contribution in [2.45, 2.75) is 19.6 Å². The summed E-state index contributed by atoms with van der Waals surface area (Å²) >= 11 is 0. The minimum absolute atomic E-state index is 0.138. The quantitative estimate of drug-likeness (QED) is 0.645. The fourth-order valence-corrected chi connectivity index (χ4v) is 2.43. The second-order valence-electron chi connectivity index (χ2n) is 5.18. The number of hydrogen-bond donors (Lipinski definition) is 1. The first-order valence-electron chi connectivity index (χ1n) is 6.94. The standard InChI is InChI=1S/C14H21N3O3/c1-12(18)16-10-8-15(9-11-16)7-6-13-2-4-14(5-3-13)17(19)20/h2-5,12,18H,6-11H2,1H3. The van der Waals surface area contributed by atoms with Gasteiger partial charge in [0, 0.05) is 44.9 Å². The third-order valence-corrected chi connectivity index (χ3v) is 3.80. The minimum Gasteiger partial charge on any atom is -0.379 e. The lowest BCUT2D eigenvalue weighted by molar-refractivity contribution is -0.384. The molecule has 6 heteroatoms. The number of aliphatic hydroxyl groups is 1. The van der Waals surface area contributed by atoms with Gasteiger partial charge < -0.3 is 10.0 Å². The average molecular weight is 279 g/mol. The van der Waals surface area contributed by atoms with Crippen LogP contribution < -0.4 is 0 Å². The number of non-ortho nitro benzene ring substituents is 1. The molecule has 0 spiro atoms. The van der Waals surface area contributed by atoms with E-state index in [9.17, 15) is 15.2 Å². The molecule has 1 N–H and O–H groups in total. The summed E-state index contributed by atoms with van der Waals surface area (Å²) in [6, 6.07) is 6.76. The van der Waals surface area contributed by atoms with Crippen molar-refractivity contribution in [3.8, 4) is 0 Å². The molecule has 1 aliphatic heterocycles. The van der Waals surface area contributed by atoms with Gasteiger partial charge in [0.05, 0.1) is 4.92 Å². The van der Waals surface area contributed by atoms with E-state index in [4.69, 9.17) is 0 Å². The summed E-state index contributed by atoms with van der Waals surface area (Å²) in [4.78, 5) is 14.6. The lowest BCUT2D eigenvalue weighted by atomic mass is 10.1. The normalized spacial score (nSPS) is 18.9. The number of rotatable bonds is 5. The second kappa shape index (κ2) is 6.78. The Kier molecular flexibility index (Phi) is 5.05. The van der Waals surface area contributed by atoms with E-state index in [1.54, 1.807) is 19.1 Å². The smallest absolute Gasteiger partial charge is 0.269 e. The van der Waals surface area contributed by atoms with Crippen LogP contribution in [0.15, 0.2) is 24.3 Å². The van der Waals surface area contributed by atoms with Gasteiger partial charge in [-0.15, -0.1) is 0 Å². The van der Waals surface area contributed by atoms with E-state index in [0.29, 0.717) is 0 Å². The summed E-state index contributed by atoms with van der Waals surface area (Å²) in [5.41, 5.74) is 1.26. The second-order valence-corrected chi connectivity index (χ2v) is 5.18. The van der Waals surface area contributed by atoms with Crippen molar-refractivity contribution in [2.24, 2.45) is 0 Å². The van der Waals surface area contributed by atoms with E-state index >= 15 is 0 Å². The maximum Gasteiger partial charge on any atom is 0.269 e. The predicted molar refractivity (Wildman–Crippen MR) is 76.5 cm³/mol. The fraction of sp³-hybridized carbons (Fsp3) is 0.571. The Balaban J connectivity index is 1.77. The fourth-order valence-electron chi connectivity index (χ4n) is 2.43. The van der Waals surface area contributed by atoms with Gasteiger partial charge in [0.15, 0.2) is 0 Å². The highest BCUT2D eigenvalue weighted by Crippen LogP contribution is 2.13. The number of hydrogen-bond acceptors (Lipinski definition) is 5. The molecule has 20 heavy (non-hydrogen) atoms. The molecule has 1 aromatic rings. The maximum atomic E-state index is 10.6. The van der Waals surface area contributed by atoms with Crippen LogP contribution in [0.2, 0.25) is 0 Å². The molecule has 1 atom stereocenters. The third-order valence-electron chi connectivity index (χ3n) is 3.80. The van der Waals surface area contributed by atoms with Crippen LogP contribution in [0.5, 0.6) is 0 Å². The zero-order valence-electron chi connectivity index (χ0n) is 11.7. The SMILES string of the molecule is CC(O)N1CCN(CCc2ccc([N+](=O)[O-])cc2)CC1. The van der Waals surface area contributed by atoms with E-state index in [-0.39, 0.29) is 16.8 Å². The molecule has 1 saturated heterocycles. The average Bonchev–Trinajstić information content (AvgIpc) is 2.46. The molecule has 6 nitrogen and oxygen atoms in total. The van der Waals surface area contributed by atoms with Crippen molar-refractivity contribution in [3.63, 3.8) is 0 Å². The number of nitrogens with zero attached hydrogens (tertiary/aromatic N) is 3. The molecule has 0 radical (unpaired) electrons. The van der Waals surface area contributed by atoms with Gasteiger partial charge in [-0.1, -0.05) is 12.1 Å². The number of nitro benzene ring substituents is 1. The highest BCUT2D eigenvalue weighted by atomic mass is 16.6. The van der Waals surface area contributed by atoms with Crippen molar-refractivity contribution in [3.05, 3.63) is 39.9 Å². The van der Waals surface area contributed by atoms with E-state index < -0.39 is 0 Å². The largest absolute Gasteiger partial charge is 0.379 e. The topological polar surface area (TPSA) is 69.8 Å². The molecule has 1 unspecified atom stereocenters. The molecule has 1 aliphatic rings. The molecule has 0 aliphatic carbocycles. The summed E-state index contributed by atoms with van der Waals surface area (Å²) < 4.78 is 0. The molecule has 0 saturated carbocycles. The zero-order valence-corrected chi connectivity index (χ0v) is 11.7. The van der Waals surface area contributed by atoms with Gasteiger partial charge in [-0.2, -0.15) is 0 Å². The Bertz CT molecular complexity index is 439. The van der Waals surface area contributed by atoms with Crippen LogP contribution in [0.25, 0.3) is 0 Å². The minimum atomic E-state index is -0.376. The molecule has 110 valence electrons. The summed E-state index contributed by atoms with van der Waals surface area (Å²) in [6.45, 7) is 6.43. The van der Waals surface area contributed by atoms with Gasteiger partial charge in [0.2, 0.25) is 0 Å². The molecule has 1 fully saturated rings. The third kappa shape index (κ3) is 4.00. The Labute approximate surface area is 118 Å². The van der Waals surface area contributed by atoms with Gasteiger partial charge in [-0.3, -0.25) is 15.0 Å². The Morgan fingerprint density at radius 2 is 1.85 bits per heavy atom. The molecule has 1 aromatic carbocycles.